The average Bonchev–Trinajstić information content (AvgIpc) is 2.17. The van der Waals surface area contributed by atoms with Gasteiger partial charge in [0.05, 0.1) is 13.2 Å². The van der Waals surface area contributed by atoms with Crippen LogP contribution < -0.4 is 4.90 Å². The third-order valence-electron chi connectivity index (χ3n) is 1.80. The van der Waals surface area contributed by atoms with Crippen LogP contribution in [-0.4, -0.2) is 46.5 Å². The number of aromatic nitrogens is 2. The number of hydrogen-bond acceptors (Lipinski definition) is 5. The van der Waals surface area contributed by atoms with Crippen molar-refractivity contribution >= 4 is 5.95 Å². The largest absolute Gasteiger partial charge is 0.395 e. The van der Waals surface area contributed by atoms with Gasteiger partial charge in [0.1, 0.15) is 0 Å². The molecule has 1 aromatic rings. The number of anilines is 1. The molecule has 2 N–H and O–H groups in total. The highest BCUT2D eigenvalue weighted by molar-refractivity contribution is 5.29. The van der Waals surface area contributed by atoms with Crippen LogP contribution in [0.25, 0.3) is 0 Å². The summed E-state index contributed by atoms with van der Waals surface area (Å²) in [5, 5.41) is 17.6. The second-order valence-electron chi connectivity index (χ2n) is 2.93. The minimum absolute atomic E-state index is 0.0251. The molecule has 0 fully saturated rings. The molecule has 5 nitrogen and oxygen atoms in total. The first-order valence-corrected chi connectivity index (χ1v) is 4.54. The van der Waals surface area contributed by atoms with Gasteiger partial charge >= 0.3 is 0 Å². The second kappa shape index (κ2) is 5.51. The van der Waals surface area contributed by atoms with E-state index in [0.29, 0.717) is 19.0 Å². The van der Waals surface area contributed by atoms with Gasteiger partial charge in [0.15, 0.2) is 0 Å². The van der Waals surface area contributed by atoms with Crippen LogP contribution in [-0.2, 0) is 0 Å². The molecule has 1 aromatic heterocycles. The van der Waals surface area contributed by atoms with Crippen LogP contribution in [0.4, 0.5) is 5.95 Å². The standard InChI is InChI=1S/C9H15N3O2/c1-8-2-3-10-9(11-8)12(4-6-13)5-7-14/h2-3,13-14H,4-7H2,1H3. The molecular formula is C9H15N3O2. The fourth-order valence-electron chi connectivity index (χ4n) is 1.14. The highest BCUT2D eigenvalue weighted by Crippen LogP contribution is 2.05. The topological polar surface area (TPSA) is 69.5 Å². The third-order valence-corrected chi connectivity index (χ3v) is 1.80. The van der Waals surface area contributed by atoms with Crippen molar-refractivity contribution in [1.29, 1.82) is 0 Å². The van der Waals surface area contributed by atoms with Crippen LogP contribution in [0, 0.1) is 6.92 Å². The quantitative estimate of drug-likeness (QED) is 0.670. The summed E-state index contributed by atoms with van der Waals surface area (Å²) in [4.78, 5) is 10.0. The normalized spacial score (nSPS) is 10.2. The van der Waals surface area contributed by atoms with Gasteiger partial charge in [-0.05, 0) is 13.0 Å². The zero-order valence-corrected chi connectivity index (χ0v) is 8.22. The molecule has 0 radical (unpaired) electrons. The van der Waals surface area contributed by atoms with Gasteiger partial charge in [-0.25, -0.2) is 9.97 Å². The molecule has 1 rings (SSSR count). The number of aliphatic hydroxyl groups excluding tert-OH is 2. The number of nitrogens with zero attached hydrogens (tertiary/aromatic N) is 3. The van der Waals surface area contributed by atoms with Crippen LogP contribution in [0.15, 0.2) is 12.3 Å². The summed E-state index contributed by atoms with van der Waals surface area (Å²) >= 11 is 0. The Morgan fingerprint density at radius 2 is 1.93 bits per heavy atom. The molecule has 0 bridgehead atoms. The maximum atomic E-state index is 8.82. The smallest absolute Gasteiger partial charge is 0.225 e. The summed E-state index contributed by atoms with van der Waals surface area (Å²) in [6.07, 6.45) is 1.67. The Morgan fingerprint density at radius 1 is 1.29 bits per heavy atom. The van der Waals surface area contributed by atoms with Crippen LogP contribution >= 0.6 is 0 Å². The highest BCUT2D eigenvalue weighted by Gasteiger charge is 2.07. The van der Waals surface area contributed by atoms with Gasteiger partial charge in [0.25, 0.3) is 0 Å². The lowest BCUT2D eigenvalue weighted by atomic mass is 10.4. The van der Waals surface area contributed by atoms with Gasteiger partial charge in [0.2, 0.25) is 5.95 Å². The molecule has 0 atom stereocenters. The van der Waals surface area contributed by atoms with Crippen molar-refractivity contribution in [3.63, 3.8) is 0 Å². The Balaban J connectivity index is 2.75. The summed E-state index contributed by atoms with van der Waals surface area (Å²) in [6.45, 7) is 2.80. The van der Waals surface area contributed by atoms with E-state index in [2.05, 4.69) is 9.97 Å². The van der Waals surface area contributed by atoms with Crippen molar-refractivity contribution in [2.24, 2.45) is 0 Å². The van der Waals surface area contributed by atoms with Crippen LogP contribution in [0.5, 0.6) is 0 Å². The lowest BCUT2D eigenvalue weighted by Crippen LogP contribution is -2.31. The van der Waals surface area contributed by atoms with Crippen molar-refractivity contribution in [2.45, 2.75) is 6.92 Å². The lowest BCUT2D eigenvalue weighted by molar-refractivity contribution is 0.280. The van der Waals surface area contributed by atoms with E-state index in [0.717, 1.165) is 5.69 Å². The second-order valence-corrected chi connectivity index (χ2v) is 2.93. The summed E-state index contributed by atoms with van der Waals surface area (Å²) in [6, 6.07) is 1.81. The summed E-state index contributed by atoms with van der Waals surface area (Å²) in [5.41, 5.74) is 0.871. The van der Waals surface area contributed by atoms with Gasteiger partial charge in [-0.3, -0.25) is 0 Å². The first-order valence-electron chi connectivity index (χ1n) is 4.54. The Morgan fingerprint density at radius 3 is 2.43 bits per heavy atom. The molecule has 0 amide bonds. The van der Waals surface area contributed by atoms with E-state index < -0.39 is 0 Å². The van der Waals surface area contributed by atoms with Gasteiger partial charge in [-0.15, -0.1) is 0 Å². The molecule has 14 heavy (non-hydrogen) atoms. The molecule has 0 aliphatic carbocycles. The van der Waals surface area contributed by atoms with Crippen molar-refractivity contribution in [3.05, 3.63) is 18.0 Å². The van der Waals surface area contributed by atoms with E-state index in [1.807, 2.05) is 6.92 Å². The number of aliphatic hydroxyl groups is 2. The first-order chi connectivity index (χ1) is 6.77. The number of rotatable bonds is 5. The van der Waals surface area contributed by atoms with Crippen molar-refractivity contribution < 1.29 is 10.2 Å². The fraction of sp³-hybridized carbons (Fsp3) is 0.556. The molecule has 0 aliphatic rings. The van der Waals surface area contributed by atoms with Crippen LogP contribution in [0.1, 0.15) is 5.69 Å². The fourth-order valence-corrected chi connectivity index (χ4v) is 1.14. The average molecular weight is 197 g/mol. The summed E-state index contributed by atoms with van der Waals surface area (Å²) in [7, 11) is 0. The van der Waals surface area contributed by atoms with E-state index >= 15 is 0 Å². The number of hydrogen-bond donors (Lipinski definition) is 2. The van der Waals surface area contributed by atoms with E-state index in [1.54, 1.807) is 17.2 Å². The molecule has 0 unspecified atom stereocenters. The Bertz CT molecular complexity index is 275. The van der Waals surface area contributed by atoms with E-state index in [1.165, 1.54) is 0 Å². The maximum absolute atomic E-state index is 8.82. The van der Waals surface area contributed by atoms with Crippen molar-refractivity contribution in [1.82, 2.24) is 9.97 Å². The Hall–Kier alpha value is -1.20. The SMILES string of the molecule is Cc1ccnc(N(CCO)CCO)n1. The molecule has 5 heteroatoms. The molecule has 0 aromatic carbocycles. The molecule has 0 saturated carbocycles. The van der Waals surface area contributed by atoms with Crippen LogP contribution in [0.2, 0.25) is 0 Å². The van der Waals surface area contributed by atoms with Gasteiger partial charge < -0.3 is 15.1 Å². The minimum Gasteiger partial charge on any atom is -0.395 e. The van der Waals surface area contributed by atoms with Gasteiger partial charge in [-0.2, -0.15) is 0 Å². The molecule has 78 valence electrons. The maximum Gasteiger partial charge on any atom is 0.225 e. The van der Waals surface area contributed by atoms with E-state index in [4.69, 9.17) is 10.2 Å². The van der Waals surface area contributed by atoms with E-state index in [-0.39, 0.29) is 13.2 Å². The monoisotopic (exact) mass is 197 g/mol. The van der Waals surface area contributed by atoms with Crippen LogP contribution in [0.3, 0.4) is 0 Å². The number of aryl methyl sites for hydroxylation is 1. The lowest BCUT2D eigenvalue weighted by Gasteiger charge is -2.20. The van der Waals surface area contributed by atoms with Crippen molar-refractivity contribution in [3.8, 4) is 0 Å². The predicted molar refractivity (Wildman–Crippen MR) is 53.2 cm³/mol. The van der Waals surface area contributed by atoms with Crippen molar-refractivity contribution in [2.75, 3.05) is 31.2 Å². The third kappa shape index (κ3) is 2.93. The minimum atomic E-state index is 0.0251. The van der Waals surface area contributed by atoms with E-state index in [9.17, 15) is 0 Å². The highest BCUT2D eigenvalue weighted by atomic mass is 16.3. The summed E-state index contributed by atoms with van der Waals surface area (Å²) in [5.74, 6) is 0.549. The van der Waals surface area contributed by atoms with Gasteiger partial charge in [-0.1, -0.05) is 0 Å². The zero-order valence-electron chi connectivity index (χ0n) is 8.22. The Kier molecular flexibility index (Phi) is 4.28. The first kappa shape index (κ1) is 10.9. The molecular weight excluding hydrogens is 182 g/mol. The Labute approximate surface area is 83.0 Å². The molecule has 1 heterocycles. The molecule has 0 saturated heterocycles. The molecule has 0 spiro atoms. The van der Waals surface area contributed by atoms with Gasteiger partial charge in [0, 0.05) is 25.0 Å². The molecule has 0 aliphatic heterocycles. The predicted octanol–water partition coefficient (Wildman–Crippen LogP) is -0.424. The zero-order chi connectivity index (χ0) is 10.4. The summed E-state index contributed by atoms with van der Waals surface area (Å²) < 4.78 is 0.